The fraction of sp³-hybridized carbons (Fsp3) is 0.333. The molecule has 2 rings (SSSR count). The van der Waals surface area contributed by atoms with Gasteiger partial charge in [0.25, 0.3) is 0 Å². The predicted octanol–water partition coefficient (Wildman–Crippen LogP) is 1.52. The summed E-state index contributed by atoms with van der Waals surface area (Å²) in [7, 11) is 0. The Labute approximate surface area is 76.2 Å². The zero-order valence-corrected chi connectivity index (χ0v) is 7.64. The molecular weight excluding hydrogens is 166 g/mol. The highest BCUT2D eigenvalue weighted by molar-refractivity contribution is 5.37. The Morgan fingerprint density at radius 3 is 3.08 bits per heavy atom. The predicted molar refractivity (Wildman–Crippen MR) is 48.8 cm³/mol. The fourth-order valence-electron chi connectivity index (χ4n) is 1.13. The van der Waals surface area contributed by atoms with Gasteiger partial charge >= 0.3 is 0 Å². The van der Waals surface area contributed by atoms with Gasteiger partial charge in [0.15, 0.2) is 11.4 Å². The number of hydrogen-bond acceptors (Lipinski definition) is 3. The van der Waals surface area contributed by atoms with E-state index in [4.69, 9.17) is 4.74 Å². The van der Waals surface area contributed by atoms with E-state index in [9.17, 15) is 0 Å². The molecule has 0 aliphatic heterocycles. The van der Waals surface area contributed by atoms with Crippen molar-refractivity contribution < 1.29 is 4.74 Å². The monoisotopic (exact) mass is 177 g/mol. The Bertz CT molecular complexity index is 408. The summed E-state index contributed by atoms with van der Waals surface area (Å²) in [5, 5.41) is 4.06. The third-order valence-electron chi connectivity index (χ3n) is 1.59. The summed E-state index contributed by atoms with van der Waals surface area (Å²) in [6.45, 7) is 3.96. The van der Waals surface area contributed by atoms with Gasteiger partial charge in [0.2, 0.25) is 0 Å². The lowest BCUT2D eigenvalue weighted by molar-refractivity contribution is 0.240. The first-order valence-corrected chi connectivity index (χ1v) is 4.22. The molecule has 4 heteroatoms. The molecule has 2 heterocycles. The van der Waals surface area contributed by atoms with Gasteiger partial charge in [-0.25, -0.2) is 9.50 Å². The topological polar surface area (TPSA) is 39.4 Å². The molecule has 0 spiro atoms. The molecule has 0 bridgehead atoms. The second-order valence-electron chi connectivity index (χ2n) is 3.09. The smallest absolute Gasteiger partial charge is 0.156 e. The maximum atomic E-state index is 5.47. The molecule has 0 aromatic carbocycles. The first-order valence-electron chi connectivity index (χ1n) is 4.22. The van der Waals surface area contributed by atoms with Crippen LogP contribution in [0.5, 0.6) is 5.75 Å². The Morgan fingerprint density at radius 1 is 1.46 bits per heavy atom. The highest BCUT2D eigenvalue weighted by Gasteiger charge is 2.00. The van der Waals surface area contributed by atoms with Crippen molar-refractivity contribution in [3.05, 3.63) is 24.7 Å². The van der Waals surface area contributed by atoms with Gasteiger partial charge in [0, 0.05) is 6.07 Å². The standard InChI is InChI=1S/C9H11N3O/c1-7(2)13-8-5-10-9-3-4-11-12(9)6-8/h3-7H,1-2H3. The van der Waals surface area contributed by atoms with Gasteiger partial charge in [-0.1, -0.05) is 0 Å². The van der Waals surface area contributed by atoms with Crippen LogP contribution < -0.4 is 4.74 Å². The third kappa shape index (κ3) is 1.61. The van der Waals surface area contributed by atoms with Gasteiger partial charge in [-0.05, 0) is 13.8 Å². The van der Waals surface area contributed by atoms with Crippen LogP contribution >= 0.6 is 0 Å². The quantitative estimate of drug-likeness (QED) is 0.698. The molecule has 0 unspecified atom stereocenters. The molecule has 4 nitrogen and oxygen atoms in total. The minimum absolute atomic E-state index is 0.162. The summed E-state index contributed by atoms with van der Waals surface area (Å²) in [5.41, 5.74) is 0.830. The van der Waals surface area contributed by atoms with E-state index in [0.29, 0.717) is 0 Å². The van der Waals surface area contributed by atoms with Crippen LogP contribution in [0.25, 0.3) is 5.65 Å². The minimum atomic E-state index is 0.162. The number of nitrogens with zero attached hydrogens (tertiary/aromatic N) is 3. The molecular formula is C9H11N3O. The van der Waals surface area contributed by atoms with Crippen LogP contribution in [-0.4, -0.2) is 20.7 Å². The zero-order chi connectivity index (χ0) is 9.26. The van der Waals surface area contributed by atoms with E-state index in [0.717, 1.165) is 11.4 Å². The summed E-state index contributed by atoms with van der Waals surface area (Å²) in [6, 6.07) is 1.85. The Kier molecular flexibility index (Phi) is 1.88. The fourth-order valence-corrected chi connectivity index (χ4v) is 1.13. The summed E-state index contributed by atoms with van der Waals surface area (Å²) >= 11 is 0. The van der Waals surface area contributed by atoms with Crippen molar-refractivity contribution in [2.75, 3.05) is 0 Å². The van der Waals surface area contributed by atoms with Crippen LogP contribution in [0.4, 0.5) is 0 Å². The highest BCUT2D eigenvalue weighted by atomic mass is 16.5. The van der Waals surface area contributed by atoms with Gasteiger partial charge in [-0.2, -0.15) is 5.10 Å². The molecule has 0 saturated carbocycles. The normalized spacial score (nSPS) is 11.0. The van der Waals surface area contributed by atoms with E-state index in [1.807, 2.05) is 26.1 Å². The van der Waals surface area contributed by atoms with E-state index in [2.05, 4.69) is 10.1 Å². The van der Waals surface area contributed by atoms with Gasteiger partial charge in [-0.3, -0.25) is 0 Å². The van der Waals surface area contributed by atoms with Crippen LogP contribution in [0.2, 0.25) is 0 Å². The van der Waals surface area contributed by atoms with Crippen LogP contribution in [0.15, 0.2) is 24.7 Å². The summed E-state index contributed by atoms with van der Waals surface area (Å²) in [6.07, 6.45) is 5.40. The SMILES string of the molecule is CC(C)Oc1cnc2ccnn2c1. The van der Waals surface area contributed by atoms with Gasteiger partial charge < -0.3 is 4.74 Å². The highest BCUT2D eigenvalue weighted by Crippen LogP contribution is 2.10. The third-order valence-corrected chi connectivity index (χ3v) is 1.59. The van der Waals surface area contributed by atoms with E-state index < -0.39 is 0 Å². The van der Waals surface area contributed by atoms with E-state index in [-0.39, 0.29) is 6.10 Å². The van der Waals surface area contributed by atoms with Crippen molar-refractivity contribution in [2.45, 2.75) is 20.0 Å². The maximum Gasteiger partial charge on any atom is 0.156 e. The van der Waals surface area contributed by atoms with Crippen molar-refractivity contribution in [1.29, 1.82) is 0 Å². The van der Waals surface area contributed by atoms with E-state index in [1.54, 1.807) is 16.9 Å². The molecule has 0 aliphatic carbocycles. The molecule has 0 amide bonds. The summed E-state index contributed by atoms with van der Waals surface area (Å²) in [4.78, 5) is 4.17. The maximum absolute atomic E-state index is 5.47. The molecule has 0 fully saturated rings. The average molecular weight is 177 g/mol. The molecule has 0 aliphatic rings. The second kappa shape index (κ2) is 3.05. The average Bonchev–Trinajstić information content (AvgIpc) is 2.49. The van der Waals surface area contributed by atoms with Crippen molar-refractivity contribution in [3.63, 3.8) is 0 Å². The summed E-state index contributed by atoms with van der Waals surface area (Å²) in [5.74, 6) is 0.742. The number of hydrogen-bond donors (Lipinski definition) is 0. The minimum Gasteiger partial charge on any atom is -0.488 e. The zero-order valence-electron chi connectivity index (χ0n) is 7.64. The van der Waals surface area contributed by atoms with Gasteiger partial charge in [-0.15, -0.1) is 0 Å². The van der Waals surface area contributed by atoms with Crippen molar-refractivity contribution in [3.8, 4) is 5.75 Å². The molecule has 0 radical (unpaired) electrons. The molecule has 0 N–H and O–H groups in total. The van der Waals surface area contributed by atoms with Crippen LogP contribution in [0.3, 0.4) is 0 Å². The van der Waals surface area contributed by atoms with Crippen molar-refractivity contribution in [2.24, 2.45) is 0 Å². The van der Waals surface area contributed by atoms with E-state index in [1.165, 1.54) is 0 Å². The first kappa shape index (κ1) is 8.04. The number of aromatic nitrogens is 3. The molecule has 0 atom stereocenters. The summed E-state index contributed by atoms with van der Waals surface area (Å²) < 4.78 is 7.16. The van der Waals surface area contributed by atoms with Gasteiger partial charge in [0.1, 0.15) is 0 Å². The number of fused-ring (bicyclic) bond motifs is 1. The van der Waals surface area contributed by atoms with Crippen LogP contribution in [0.1, 0.15) is 13.8 Å². The molecule has 0 saturated heterocycles. The second-order valence-corrected chi connectivity index (χ2v) is 3.09. The van der Waals surface area contributed by atoms with Crippen LogP contribution in [0, 0.1) is 0 Å². The Morgan fingerprint density at radius 2 is 2.31 bits per heavy atom. The number of rotatable bonds is 2. The molecule has 68 valence electrons. The van der Waals surface area contributed by atoms with Crippen molar-refractivity contribution in [1.82, 2.24) is 14.6 Å². The van der Waals surface area contributed by atoms with Gasteiger partial charge in [0.05, 0.1) is 24.7 Å². The Hall–Kier alpha value is -1.58. The lowest BCUT2D eigenvalue weighted by Gasteiger charge is -2.08. The molecule has 2 aromatic rings. The Balaban J connectivity index is 2.37. The lowest BCUT2D eigenvalue weighted by Crippen LogP contribution is -2.06. The largest absolute Gasteiger partial charge is 0.488 e. The van der Waals surface area contributed by atoms with Crippen molar-refractivity contribution >= 4 is 5.65 Å². The van der Waals surface area contributed by atoms with Crippen LogP contribution in [-0.2, 0) is 0 Å². The lowest BCUT2D eigenvalue weighted by atomic mass is 10.4. The van der Waals surface area contributed by atoms with E-state index >= 15 is 0 Å². The molecule has 2 aromatic heterocycles. The molecule has 13 heavy (non-hydrogen) atoms. The number of ether oxygens (including phenoxy) is 1. The first-order chi connectivity index (χ1) is 6.25.